The number of carbonyl (C=O) groups excluding carboxylic acids is 1. The Morgan fingerprint density at radius 2 is 1.31 bits per heavy atom. The summed E-state index contributed by atoms with van der Waals surface area (Å²) in [6, 6.07) is 0. The summed E-state index contributed by atoms with van der Waals surface area (Å²) in [5.41, 5.74) is 0. The second kappa shape index (κ2) is 14.4. The van der Waals surface area contributed by atoms with Gasteiger partial charge in [0.25, 0.3) is 28.8 Å². The molecule has 1 atom stereocenters. The average molecular weight is 535 g/mol. The smallest absolute Gasteiger partial charge is 0.340 e. The van der Waals surface area contributed by atoms with Gasteiger partial charge in [0, 0.05) is 0 Å². The molecule has 188 valence electrons. The average Bonchev–Trinajstić information content (AvgIpc) is 2.65. The standard InChI is InChI=1S/C18H34N2O8S4/c1-7-9-10-14(8-2)11-26-16(21)15(19-31(22,23)17(29)27-12(3)4)20-32(24,25)18(30)28-13(5)6/h12-15,19-20H,7-11H2,1-6H3. The maximum atomic E-state index is 12.6. The van der Waals surface area contributed by atoms with Crippen molar-refractivity contribution in [2.45, 2.75) is 85.6 Å². The Labute approximate surface area is 202 Å². The lowest BCUT2D eigenvalue weighted by molar-refractivity contribution is -0.147. The van der Waals surface area contributed by atoms with Gasteiger partial charge in [-0.1, -0.05) is 33.1 Å². The lowest BCUT2D eigenvalue weighted by Crippen LogP contribution is -2.56. The zero-order chi connectivity index (χ0) is 25.1. The summed E-state index contributed by atoms with van der Waals surface area (Å²) in [4.78, 5) is 12.6. The van der Waals surface area contributed by atoms with Crippen LogP contribution in [0, 0.1) is 5.92 Å². The summed E-state index contributed by atoms with van der Waals surface area (Å²) in [7, 11) is -9.06. The number of hydrogen-bond donors (Lipinski definition) is 2. The first-order valence-electron chi connectivity index (χ1n) is 10.3. The van der Waals surface area contributed by atoms with Crippen molar-refractivity contribution >= 4 is 59.2 Å². The topological polar surface area (TPSA) is 137 Å². The Morgan fingerprint density at radius 1 is 0.875 bits per heavy atom. The van der Waals surface area contributed by atoms with Crippen LogP contribution in [0.3, 0.4) is 0 Å². The highest BCUT2D eigenvalue weighted by atomic mass is 32.2. The van der Waals surface area contributed by atoms with Gasteiger partial charge in [0.15, 0.2) is 6.17 Å². The molecule has 0 aliphatic heterocycles. The molecule has 0 spiro atoms. The van der Waals surface area contributed by atoms with E-state index < -0.39 is 53.2 Å². The summed E-state index contributed by atoms with van der Waals surface area (Å²) in [6.07, 6.45) is 0.285. The normalized spacial score (nSPS) is 13.3. The minimum Gasteiger partial charge on any atom is -0.472 e. The Kier molecular flexibility index (Phi) is 13.9. The Morgan fingerprint density at radius 3 is 1.66 bits per heavy atom. The van der Waals surface area contributed by atoms with E-state index in [-0.39, 0.29) is 12.5 Å². The van der Waals surface area contributed by atoms with E-state index in [4.69, 9.17) is 38.6 Å². The summed E-state index contributed by atoms with van der Waals surface area (Å²) >= 11 is 9.48. The minimum atomic E-state index is -4.53. The van der Waals surface area contributed by atoms with Crippen LogP contribution in [0.4, 0.5) is 0 Å². The second-order valence-corrected chi connectivity index (χ2v) is 12.0. The molecule has 0 amide bonds. The fraction of sp³-hybridized carbons (Fsp3) is 0.833. The number of unbranched alkanes of at least 4 members (excludes halogenated alkanes) is 1. The SMILES string of the molecule is CCCCC(CC)COC(=O)C(NS(=O)(=O)C(=S)OC(C)C)NS(=O)(=O)C(=S)OC(C)C. The Bertz CT molecular complexity index is 787. The van der Waals surface area contributed by atoms with Crippen LogP contribution in [0.25, 0.3) is 0 Å². The quantitative estimate of drug-likeness (QED) is 0.206. The highest BCUT2D eigenvalue weighted by Crippen LogP contribution is 2.13. The van der Waals surface area contributed by atoms with Gasteiger partial charge in [-0.3, -0.25) is 0 Å². The molecule has 0 saturated carbocycles. The fourth-order valence-electron chi connectivity index (χ4n) is 2.22. The molecular formula is C18H34N2O8S4. The van der Waals surface area contributed by atoms with E-state index in [2.05, 4.69) is 0 Å². The first kappa shape index (κ1) is 31.1. The van der Waals surface area contributed by atoms with E-state index in [1.807, 2.05) is 23.3 Å². The predicted octanol–water partition coefficient (Wildman–Crippen LogP) is 2.33. The minimum absolute atomic E-state index is 0.00479. The van der Waals surface area contributed by atoms with Crippen molar-refractivity contribution in [3.8, 4) is 0 Å². The molecule has 14 heteroatoms. The molecule has 0 rings (SSSR count). The molecule has 0 aromatic heterocycles. The van der Waals surface area contributed by atoms with Crippen LogP contribution < -0.4 is 9.44 Å². The maximum Gasteiger partial charge on any atom is 0.340 e. The third-order valence-electron chi connectivity index (χ3n) is 3.89. The molecule has 2 N–H and O–H groups in total. The van der Waals surface area contributed by atoms with Crippen LogP contribution in [0.2, 0.25) is 0 Å². The van der Waals surface area contributed by atoms with Gasteiger partial charge in [0.05, 0.1) is 18.8 Å². The van der Waals surface area contributed by atoms with Crippen molar-refractivity contribution in [3.63, 3.8) is 0 Å². The van der Waals surface area contributed by atoms with E-state index in [1.165, 1.54) is 0 Å². The number of ether oxygens (including phenoxy) is 3. The van der Waals surface area contributed by atoms with Crippen molar-refractivity contribution in [1.82, 2.24) is 9.44 Å². The van der Waals surface area contributed by atoms with Gasteiger partial charge in [-0.2, -0.15) is 9.44 Å². The third-order valence-corrected chi connectivity index (χ3v) is 7.56. The molecule has 10 nitrogen and oxygen atoms in total. The molecule has 0 fully saturated rings. The molecule has 1 unspecified atom stereocenters. The molecule has 32 heavy (non-hydrogen) atoms. The third kappa shape index (κ3) is 11.8. The summed E-state index contributed by atoms with van der Waals surface area (Å²) in [6.45, 7) is 10.2. The molecule has 0 aliphatic rings. The second-order valence-electron chi connectivity index (χ2n) is 7.56. The van der Waals surface area contributed by atoms with Gasteiger partial charge in [-0.25, -0.2) is 21.6 Å². The monoisotopic (exact) mass is 534 g/mol. The molecule has 0 aliphatic carbocycles. The fourth-order valence-corrected chi connectivity index (χ4v) is 4.73. The first-order valence-corrected chi connectivity index (χ1v) is 14.1. The number of rotatable bonds is 13. The zero-order valence-electron chi connectivity index (χ0n) is 19.2. The van der Waals surface area contributed by atoms with E-state index in [9.17, 15) is 21.6 Å². The van der Waals surface area contributed by atoms with E-state index in [0.29, 0.717) is 0 Å². The van der Waals surface area contributed by atoms with Crippen LogP contribution in [0.5, 0.6) is 0 Å². The summed E-state index contributed by atoms with van der Waals surface area (Å²) < 4.78 is 67.1. The lowest BCUT2D eigenvalue weighted by Gasteiger charge is -2.22. The largest absolute Gasteiger partial charge is 0.472 e. The van der Waals surface area contributed by atoms with Crippen molar-refractivity contribution in [3.05, 3.63) is 0 Å². The van der Waals surface area contributed by atoms with Gasteiger partial charge in [0.1, 0.15) is 0 Å². The predicted molar refractivity (Wildman–Crippen MR) is 130 cm³/mol. The van der Waals surface area contributed by atoms with E-state index in [1.54, 1.807) is 27.7 Å². The highest BCUT2D eigenvalue weighted by Gasteiger charge is 2.35. The first-order chi connectivity index (χ1) is 14.7. The van der Waals surface area contributed by atoms with Gasteiger partial charge in [-0.05, 0) is 64.5 Å². The molecule has 0 radical (unpaired) electrons. The van der Waals surface area contributed by atoms with Crippen molar-refractivity contribution in [2.75, 3.05) is 6.61 Å². The van der Waals surface area contributed by atoms with Gasteiger partial charge in [-0.15, -0.1) is 0 Å². The van der Waals surface area contributed by atoms with E-state index in [0.717, 1.165) is 25.7 Å². The van der Waals surface area contributed by atoms with E-state index >= 15 is 0 Å². The number of esters is 1. The van der Waals surface area contributed by atoms with Crippen molar-refractivity contribution < 1.29 is 35.8 Å². The number of carbonyl (C=O) groups is 1. The molecule has 0 heterocycles. The molecule has 0 aromatic carbocycles. The van der Waals surface area contributed by atoms with Crippen LogP contribution >= 0.6 is 24.4 Å². The Balaban J connectivity index is 5.66. The number of nitrogens with one attached hydrogen (secondary N) is 2. The zero-order valence-corrected chi connectivity index (χ0v) is 22.5. The Hall–Kier alpha value is -0.930. The van der Waals surface area contributed by atoms with Crippen LogP contribution in [-0.2, 0) is 39.1 Å². The number of thiocarbonyl (C=S) groups is 2. The molecule has 0 bridgehead atoms. The van der Waals surface area contributed by atoms with Gasteiger partial charge < -0.3 is 14.2 Å². The highest BCUT2D eigenvalue weighted by molar-refractivity contribution is 8.16. The summed E-state index contributed by atoms with van der Waals surface area (Å²) in [5.74, 6) is -1.12. The van der Waals surface area contributed by atoms with Crippen LogP contribution in [0.1, 0.15) is 67.2 Å². The van der Waals surface area contributed by atoms with Gasteiger partial charge in [0.2, 0.25) is 0 Å². The van der Waals surface area contributed by atoms with Gasteiger partial charge >= 0.3 is 5.97 Å². The van der Waals surface area contributed by atoms with Crippen LogP contribution in [0.15, 0.2) is 0 Å². The molecule has 0 saturated heterocycles. The lowest BCUT2D eigenvalue weighted by atomic mass is 10.0. The number of sulfonamides is 2. The van der Waals surface area contributed by atoms with Crippen LogP contribution in [-0.4, -0.2) is 56.6 Å². The number of hydrogen-bond acceptors (Lipinski definition) is 10. The van der Waals surface area contributed by atoms with Crippen molar-refractivity contribution in [2.24, 2.45) is 5.92 Å². The molecule has 0 aromatic rings. The summed E-state index contributed by atoms with van der Waals surface area (Å²) in [5, 5.41) is 0. The maximum absolute atomic E-state index is 12.6. The van der Waals surface area contributed by atoms with Crippen molar-refractivity contribution in [1.29, 1.82) is 0 Å². The molecular weight excluding hydrogens is 500 g/mol.